The summed E-state index contributed by atoms with van der Waals surface area (Å²) in [6, 6.07) is 16.2. The average molecular weight is 415 g/mol. The number of carbonyl (C=O) groups excluding carboxylic acids is 1. The highest BCUT2D eigenvalue weighted by Crippen LogP contribution is 2.20. The van der Waals surface area contributed by atoms with Gasteiger partial charge < -0.3 is 10.1 Å². The third-order valence-corrected chi connectivity index (χ3v) is 5.66. The number of nitrogens with one attached hydrogen (secondary N) is 1. The van der Waals surface area contributed by atoms with Crippen molar-refractivity contribution >= 4 is 17.5 Å². The van der Waals surface area contributed by atoms with Gasteiger partial charge in [-0.05, 0) is 81.1 Å². The van der Waals surface area contributed by atoms with Crippen LogP contribution in [0.15, 0.2) is 48.5 Å². The smallest absolute Gasteiger partial charge is 0.223 e. The number of carbonyl (C=O) groups is 1. The number of ether oxygens (including phenoxy) is 1. The molecule has 29 heavy (non-hydrogen) atoms. The molecule has 1 saturated heterocycles. The highest BCUT2D eigenvalue weighted by Gasteiger charge is 2.24. The van der Waals surface area contributed by atoms with Gasteiger partial charge in [0.2, 0.25) is 5.91 Å². The van der Waals surface area contributed by atoms with Crippen LogP contribution in [0.1, 0.15) is 37.3 Å². The number of hydrogen-bond acceptors (Lipinski definition) is 3. The molecular weight excluding hydrogens is 384 g/mol. The molecule has 1 amide bonds. The van der Waals surface area contributed by atoms with Crippen LogP contribution in [0.3, 0.4) is 0 Å². The van der Waals surface area contributed by atoms with Crippen LogP contribution in [-0.4, -0.2) is 37.0 Å². The Hall–Kier alpha value is -2.04. The van der Waals surface area contributed by atoms with Crippen molar-refractivity contribution in [2.75, 3.05) is 26.2 Å². The summed E-state index contributed by atoms with van der Waals surface area (Å²) in [4.78, 5) is 14.9. The number of halogens is 1. The second-order valence-electron chi connectivity index (χ2n) is 7.65. The number of rotatable bonds is 9. The van der Waals surface area contributed by atoms with E-state index in [9.17, 15) is 4.79 Å². The van der Waals surface area contributed by atoms with Crippen LogP contribution in [0, 0.1) is 5.92 Å². The van der Waals surface area contributed by atoms with Crippen molar-refractivity contribution in [3.05, 3.63) is 64.7 Å². The van der Waals surface area contributed by atoms with Crippen molar-refractivity contribution in [1.29, 1.82) is 0 Å². The second-order valence-corrected chi connectivity index (χ2v) is 8.09. The first-order chi connectivity index (χ1) is 14.1. The Morgan fingerprint density at radius 2 is 1.90 bits per heavy atom. The van der Waals surface area contributed by atoms with Crippen LogP contribution in [0.4, 0.5) is 0 Å². The molecule has 0 atom stereocenters. The van der Waals surface area contributed by atoms with Crippen molar-refractivity contribution < 1.29 is 9.53 Å². The average Bonchev–Trinajstić information content (AvgIpc) is 2.73. The maximum Gasteiger partial charge on any atom is 0.223 e. The molecule has 0 bridgehead atoms. The monoisotopic (exact) mass is 414 g/mol. The molecular formula is C24H31ClN2O2. The first kappa shape index (κ1) is 21.7. The SMILES string of the molecule is CCOc1ccc(CCCNC(=O)C2CCN(Cc3cccc(Cl)c3)CC2)cc1. The first-order valence-corrected chi connectivity index (χ1v) is 11.0. The van der Waals surface area contributed by atoms with E-state index in [1.54, 1.807) is 0 Å². The van der Waals surface area contributed by atoms with Gasteiger partial charge in [-0.15, -0.1) is 0 Å². The lowest BCUT2D eigenvalue weighted by Crippen LogP contribution is -2.40. The Bertz CT molecular complexity index is 771. The maximum atomic E-state index is 12.5. The van der Waals surface area contributed by atoms with Crippen molar-refractivity contribution in [3.8, 4) is 5.75 Å². The molecule has 0 radical (unpaired) electrons. The summed E-state index contributed by atoms with van der Waals surface area (Å²) in [5.41, 5.74) is 2.51. The molecule has 1 heterocycles. The Balaban J connectivity index is 1.32. The zero-order chi connectivity index (χ0) is 20.5. The topological polar surface area (TPSA) is 41.6 Å². The second kappa shape index (κ2) is 11.2. The molecule has 2 aromatic rings. The minimum atomic E-state index is 0.135. The van der Waals surface area contributed by atoms with Crippen LogP contribution < -0.4 is 10.1 Å². The lowest BCUT2D eigenvalue weighted by molar-refractivity contribution is -0.126. The fraction of sp³-hybridized carbons (Fsp3) is 0.458. The van der Waals surface area contributed by atoms with Gasteiger partial charge in [-0.2, -0.15) is 0 Å². The highest BCUT2D eigenvalue weighted by molar-refractivity contribution is 6.30. The minimum Gasteiger partial charge on any atom is -0.494 e. The largest absolute Gasteiger partial charge is 0.494 e. The Morgan fingerprint density at radius 1 is 1.14 bits per heavy atom. The van der Waals surface area contributed by atoms with Crippen LogP contribution in [0.5, 0.6) is 5.75 Å². The van der Waals surface area contributed by atoms with E-state index in [4.69, 9.17) is 16.3 Å². The summed E-state index contributed by atoms with van der Waals surface area (Å²) < 4.78 is 5.46. The Morgan fingerprint density at radius 3 is 2.59 bits per heavy atom. The van der Waals surface area contributed by atoms with E-state index >= 15 is 0 Å². The predicted octanol–water partition coefficient (Wildman–Crippen LogP) is 4.70. The van der Waals surface area contributed by atoms with Crippen LogP contribution in [0.2, 0.25) is 5.02 Å². The first-order valence-electron chi connectivity index (χ1n) is 10.6. The number of nitrogens with zero attached hydrogens (tertiary/aromatic N) is 1. The quantitative estimate of drug-likeness (QED) is 0.604. The molecule has 0 spiro atoms. The molecule has 4 nitrogen and oxygen atoms in total. The van der Waals surface area contributed by atoms with Crippen molar-refractivity contribution in [1.82, 2.24) is 10.2 Å². The summed E-state index contributed by atoms with van der Waals surface area (Å²) >= 11 is 6.07. The minimum absolute atomic E-state index is 0.135. The summed E-state index contributed by atoms with van der Waals surface area (Å²) in [6.45, 7) is 6.21. The standard InChI is InChI=1S/C24H31ClN2O2/c1-2-29-23-10-8-19(9-11-23)6-4-14-26-24(28)21-12-15-27(16-13-21)18-20-5-3-7-22(25)17-20/h3,5,7-11,17,21H,2,4,6,12-16,18H2,1H3,(H,26,28). The summed E-state index contributed by atoms with van der Waals surface area (Å²) in [5.74, 6) is 1.25. The van der Waals surface area contributed by atoms with Crippen molar-refractivity contribution in [2.24, 2.45) is 5.92 Å². The van der Waals surface area contributed by atoms with E-state index in [0.29, 0.717) is 6.61 Å². The maximum absolute atomic E-state index is 12.5. The molecule has 1 aliphatic rings. The van der Waals surface area contributed by atoms with Crippen LogP contribution >= 0.6 is 11.6 Å². The lowest BCUT2D eigenvalue weighted by atomic mass is 9.95. The van der Waals surface area contributed by atoms with Crippen molar-refractivity contribution in [3.63, 3.8) is 0 Å². The highest BCUT2D eigenvalue weighted by atomic mass is 35.5. The van der Waals surface area contributed by atoms with Crippen LogP contribution in [0.25, 0.3) is 0 Å². The Labute approximate surface area is 179 Å². The normalized spacial score (nSPS) is 15.2. The van der Waals surface area contributed by atoms with Gasteiger partial charge in [-0.25, -0.2) is 0 Å². The number of amides is 1. The fourth-order valence-corrected chi connectivity index (χ4v) is 4.03. The lowest BCUT2D eigenvalue weighted by Gasteiger charge is -2.31. The van der Waals surface area contributed by atoms with E-state index in [1.807, 2.05) is 37.3 Å². The molecule has 5 heteroatoms. The van der Waals surface area contributed by atoms with Crippen molar-refractivity contribution in [2.45, 2.75) is 39.2 Å². The van der Waals surface area contributed by atoms with E-state index < -0.39 is 0 Å². The Kier molecular flexibility index (Phi) is 8.38. The zero-order valence-corrected chi connectivity index (χ0v) is 18.0. The van der Waals surface area contributed by atoms with Gasteiger partial charge in [0, 0.05) is 24.0 Å². The van der Waals surface area contributed by atoms with Gasteiger partial charge in [0.1, 0.15) is 5.75 Å². The third-order valence-electron chi connectivity index (χ3n) is 5.43. The van der Waals surface area contributed by atoms with Gasteiger partial charge >= 0.3 is 0 Å². The predicted molar refractivity (Wildman–Crippen MR) is 118 cm³/mol. The molecule has 0 unspecified atom stereocenters. The summed E-state index contributed by atoms with van der Waals surface area (Å²) in [6.07, 6.45) is 3.76. The number of piperidine rings is 1. The molecule has 1 aliphatic heterocycles. The van der Waals surface area contributed by atoms with Crippen LogP contribution in [-0.2, 0) is 17.8 Å². The zero-order valence-electron chi connectivity index (χ0n) is 17.2. The number of hydrogen-bond donors (Lipinski definition) is 1. The third kappa shape index (κ3) is 7.06. The van der Waals surface area contributed by atoms with E-state index in [-0.39, 0.29) is 11.8 Å². The van der Waals surface area contributed by atoms with E-state index in [2.05, 4.69) is 28.4 Å². The fourth-order valence-electron chi connectivity index (χ4n) is 3.81. The molecule has 1 N–H and O–H groups in total. The number of aryl methyl sites for hydroxylation is 1. The van der Waals surface area contributed by atoms with Gasteiger partial charge in [0.25, 0.3) is 0 Å². The number of benzene rings is 2. The molecule has 0 aromatic heterocycles. The molecule has 0 aliphatic carbocycles. The van der Waals surface area contributed by atoms with Gasteiger partial charge in [0.05, 0.1) is 6.61 Å². The summed E-state index contributed by atoms with van der Waals surface area (Å²) in [5, 5.41) is 3.91. The van der Waals surface area contributed by atoms with E-state index in [1.165, 1.54) is 11.1 Å². The molecule has 1 fully saturated rings. The molecule has 2 aromatic carbocycles. The summed E-state index contributed by atoms with van der Waals surface area (Å²) in [7, 11) is 0. The van der Waals surface area contributed by atoms with Gasteiger partial charge in [-0.1, -0.05) is 35.9 Å². The van der Waals surface area contributed by atoms with Gasteiger partial charge in [0.15, 0.2) is 0 Å². The molecule has 3 rings (SSSR count). The van der Waals surface area contributed by atoms with E-state index in [0.717, 1.165) is 62.6 Å². The molecule has 0 saturated carbocycles. The molecule has 156 valence electrons. The number of likely N-dealkylation sites (tertiary alicyclic amines) is 1. The van der Waals surface area contributed by atoms with Gasteiger partial charge in [-0.3, -0.25) is 9.69 Å².